The Morgan fingerprint density at radius 1 is 0.931 bits per heavy atom. The maximum absolute atomic E-state index is 13.6. The zero-order chi connectivity index (χ0) is 20.7. The van der Waals surface area contributed by atoms with Crippen molar-refractivity contribution in [1.29, 1.82) is 0 Å². The molecule has 0 bridgehead atoms. The third kappa shape index (κ3) is 9.31. The minimum Gasteiger partial charge on any atom is -0.490 e. The molecular formula is C23H32F2N2O2. The van der Waals surface area contributed by atoms with E-state index in [1.165, 1.54) is 38.5 Å². The number of ether oxygens (including phenoxy) is 2. The number of nitrogens with zero attached hydrogens (tertiary/aromatic N) is 2. The molecule has 2 aromatic rings. The first-order chi connectivity index (χ1) is 14.2. The Hall–Kier alpha value is -2.08. The third-order valence-electron chi connectivity index (χ3n) is 4.59. The van der Waals surface area contributed by atoms with Crippen molar-refractivity contribution in [1.82, 2.24) is 9.97 Å². The molecule has 0 aliphatic rings. The summed E-state index contributed by atoms with van der Waals surface area (Å²) in [5, 5.41) is 0. The molecule has 0 aliphatic heterocycles. The van der Waals surface area contributed by atoms with Crippen LogP contribution in [0.25, 0.3) is 11.4 Å². The number of rotatable bonds is 15. The van der Waals surface area contributed by atoms with E-state index in [4.69, 9.17) is 9.47 Å². The second kappa shape index (κ2) is 14.0. The molecule has 0 N–H and O–H groups in total. The largest absolute Gasteiger partial charge is 0.490 e. The summed E-state index contributed by atoms with van der Waals surface area (Å²) >= 11 is 0. The van der Waals surface area contributed by atoms with Crippen molar-refractivity contribution in [2.75, 3.05) is 26.5 Å². The van der Waals surface area contributed by atoms with Crippen LogP contribution in [-0.2, 0) is 11.2 Å². The van der Waals surface area contributed by atoms with Crippen molar-refractivity contribution < 1.29 is 18.3 Å². The van der Waals surface area contributed by atoms with Crippen LogP contribution in [0.4, 0.5) is 8.78 Å². The van der Waals surface area contributed by atoms with Gasteiger partial charge in [-0.05, 0) is 42.7 Å². The van der Waals surface area contributed by atoms with Gasteiger partial charge in [0, 0.05) is 18.0 Å². The average Bonchev–Trinajstić information content (AvgIpc) is 2.76. The predicted octanol–water partition coefficient (Wildman–Crippen LogP) is 5.75. The van der Waals surface area contributed by atoms with Crippen molar-refractivity contribution >= 4 is 0 Å². The molecule has 0 spiro atoms. The van der Waals surface area contributed by atoms with Gasteiger partial charge < -0.3 is 9.47 Å². The van der Waals surface area contributed by atoms with Gasteiger partial charge in [0.05, 0.1) is 13.2 Å². The quantitative estimate of drug-likeness (QED) is 0.353. The normalized spacial score (nSPS) is 12.1. The lowest BCUT2D eigenvalue weighted by molar-refractivity contribution is 0.0513. The Labute approximate surface area is 172 Å². The topological polar surface area (TPSA) is 44.2 Å². The zero-order valence-corrected chi connectivity index (χ0v) is 17.3. The van der Waals surface area contributed by atoms with E-state index in [1.807, 2.05) is 24.5 Å². The Balaban J connectivity index is 1.74. The van der Waals surface area contributed by atoms with Crippen LogP contribution in [-0.4, -0.2) is 42.6 Å². The fraction of sp³-hybridized carbons (Fsp3) is 0.565. The van der Waals surface area contributed by atoms with E-state index in [2.05, 4.69) is 16.9 Å². The van der Waals surface area contributed by atoms with Gasteiger partial charge >= 0.3 is 0 Å². The molecule has 6 heteroatoms. The molecule has 2 rings (SSSR count). The van der Waals surface area contributed by atoms with Crippen LogP contribution in [0.5, 0.6) is 5.75 Å². The second-order valence-corrected chi connectivity index (χ2v) is 7.13. The number of hydrogen-bond donors (Lipinski definition) is 0. The van der Waals surface area contributed by atoms with Crippen molar-refractivity contribution in [2.24, 2.45) is 0 Å². The molecule has 160 valence electrons. The van der Waals surface area contributed by atoms with E-state index in [0.717, 1.165) is 17.5 Å². The predicted molar refractivity (Wildman–Crippen MR) is 112 cm³/mol. The van der Waals surface area contributed by atoms with Crippen LogP contribution >= 0.6 is 0 Å². The number of unbranched alkanes of at least 4 members (excludes halogenated alkanes) is 5. The van der Waals surface area contributed by atoms with Crippen molar-refractivity contribution in [2.45, 2.75) is 58.0 Å². The Morgan fingerprint density at radius 3 is 2.31 bits per heavy atom. The maximum Gasteiger partial charge on any atom is 0.159 e. The molecule has 0 fully saturated rings. The summed E-state index contributed by atoms with van der Waals surface area (Å²) in [7, 11) is 0. The molecule has 0 saturated carbocycles. The molecule has 0 saturated heterocycles. The van der Waals surface area contributed by atoms with Crippen LogP contribution in [0, 0.1) is 0 Å². The van der Waals surface area contributed by atoms with Gasteiger partial charge in [-0.2, -0.15) is 0 Å². The standard InChI is InChI=1S/C23H32F2N2O2/c1-2-3-4-5-6-7-8-19-15-26-23(27-16-19)20-9-11-22(12-10-20)29-18-21(25)17-28-14-13-24/h9-12,15-16,21H,2-8,13-14,17-18H2,1H3. The van der Waals surface area contributed by atoms with Gasteiger partial charge in [0.25, 0.3) is 0 Å². The van der Waals surface area contributed by atoms with Crippen LogP contribution in [0.3, 0.4) is 0 Å². The number of hydrogen-bond acceptors (Lipinski definition) is 4. The smallest absolute Gasteiger partial charge is 0.159 e. The van der Waals surface area contributed by atoms with Gasteiger partial charge in [-0.15, -0.1) is 0 Å². The van der Waals surface area contributed by atoms with Crippen molar-refractivity contribution in [3.05, 3.63) is 42.2 Å². The highest BCUT2D eigenvalue weighted by atomic mass is 19.1. The molecule has 0 amide bonds. The van der Waals surface area contributed by atoms with Crippen molar-refractivity contribution in [3.8, 4) is 17.1 Å². The first-order valence-electron chi connectivity index (χ1n) is 10.5. The van der Waals surface area contributed by atoms with E-state index in [0.29, 0.717) is 11.6 Å². The summed E-state index contributed by atoms with van der Waals surface area (Å²) in [5.74, 6) is 1.22. The molecule has 1 heterocycles. The lowest BCUT2D eigenvalue weighted by Crippen LogP contribution is -2.19. The molecule has 1 atom stereocenters. The molecular weight excluding hydrogens is 374 g/mol. The van der Waals surface area contributed by atoms with Gasteiger partial charge in [-0.1, -0.05) is 39.0 Å². The molecule has 0 aliphatic carbocycles. The van der Waals surface area contributed by atoms with Crippen LogP contribution < -0.4 is 4.74 Å². The highest BCUT2D eigenvalue weighted by Crippen LogP contribution is 2.20. The van der Waals surface area contributed by atoms with Gasteiger partial charge in [0.1, 0.15) is 19.0 Å². The fourth-order valence-electron chi connectivity index (χ4n) is 2.94. The van der Waals surface area contributed by atoms with Crippen LogP contribution in [0.15, 0.2) is 36.7 Å². The van der Waals surface area contributed by atoms with Gasteiger partial charge in [-0.25, -0.2) is 18.7 Å². The zero-order valence-electron chi connectivity index (χ0n) is 17.3. The number of alkyl halides is 2. The first-order valence-corrected chi connectivity index (χ1v) is 10.5. The van der Waals surface area contributed by atoms with E-state index >= 15 is 0 Å². The molecule has 1 aromatic heterocycles. The summed E-state index contributed by atoms with van der Waals surface area (Å²) in [5.41, 5.74) is 2.04. The monoisotopic (exact) mass is 406 g/mol. The summed E-state index contributed by atoms with van der Waals surface area (Å²) in [6, 6.07) is 7.23. The summed E-state index contributed by atoms with van der Waals surface area (Å²) in [4.78, 5) is 8.93. The van der Waals surface area contributed by atoms with E-state index in [1.54, 1.807) is 12.1 Å². The highest BCUT2D eigenvalue weighted by molar-refractivity contribution is 5.55. The lowest BCUT2D eigenvalue weighted by atomic mass is 10.1. The summed E-state index contributed by atoms with van der Waals surface area (Å²) in [6.45, 7) is 1.23. The van der Waals surface area contributed by atoms with Gasteiger partial charge in [0.15, 0.2) is 12.0 Å². The van der Waals surface area contributed by atoms with E-state index in [9.17, 15) is 8.78 Å². The lowest BCUT2D eigenvalue weighted by Gasteiger charge is -2.11. The minimum absolute atomic E-state index is 0.0904. The first kappa shape index (κ1) is 23.2. The van der Waals surface area contributed by atoms with Gasteiger partial charge in [-0.3, -0.25) is 0 Å². The number of aryl methyl sites for hydroxylation is 1. The van der Waals surface area contributed by atoms with Crippen LogP contribution in [0.2, 0.25) is 0 Å². The summed E-state index contributed by atoms with van der Waals surface area (Å²) < 4.78 is 35.7. The second-order valence-electron chi connectivity index (χ2n) is 7.13. The number of halogens is 2. The maximum atomic E-state index is 13.6. The summed E-state index contributed by atoms with van der Waals surface area (Å²) in [6.07, 6.45) is 11.2. The average molecular weight is 407 g/mol. The van der Waals surface area contributed by atoms with Crippen LogP contribution in [0.1, 0.15) is 51.0 Å². The van der Waals surface area contributed by atoms with Crippen molar-refractivity contribution in [3.63, 3.8) is 0 Å². The SMILES string of the molecule is CCCCCCCCc1cnc(-c2ccc(OCC(F)COCCF)cc2)nc1. The minimum atomic E-state index is -1.29. The third-order valence-corrected chi connectivity index (χ3v) is 4.59. The Bertz CT molecular complexity index is 666. The molecule has 0 radical (unpaired) electrons. The highest BCUT2D eigenvalue weighted by Gasteiger charge is 2.08. The molecule has 1 aromatic carbocycles. The molecule has 29 heavy (non-hydrogen) atoms. The van der Waals surface area contributed by atoms with Gasteiger partial charge in [0.2, 0.25) is 0 Å². The van der Waals surface area contributed by atoms with E-state index in [-0.39, 0.29) is 19.8 Å². The molecule has 4 nitrogen and oxygen atoms in total. The fourth-order valence-corrected chi connectivity index (χ4v) is 2.94. The Morgan fingerprint density at radius 2 is 1.62 bits per heavy atom. The molecule has 1 unspecified atom stereocenters. The number of aromatic nitrogens is 2. The van der Waals surface area contributed by atoms with E-state index < -0.39 is 12.8 Å². The Kier molecular flexibility index (Phi) is 11.2. The number of benzene rings is 1.